The van der Waals surface area contributed by atoms with Gasteiger partial charge in [-0.2, -0.15) is 0 Å². The zero-order valence-corrected chi connectivity index (χ0v) is 16.1. The molecule has 0 unspecified atom stereocenters. The molecule has 1 heterocycles. The maximum Gasteiger partial charge on any atom is 0.186 e. The van der Waals surface area contributed by atoms with Crippen LogP contribution < -0.4 is 5.43 Å². The summed E-state index contributed by atoms with van der Waals surface area (Å²) in [4.78, 5) is 17.3. The van der Waals surface area contributed by atoms with Crippen LogP contribution >= 0.6 is 0 Å². The van der Waals surface area contributed by atoms with E-state index in [-0.39, 0.29) is 16.3 Å². The van der Waals surface area contributed by atoms with Gasteiger partial charge in [-0.3, -0.25) is 4.79 Å². The van der Waals surface area contributed by atoms with E-state index in [2.05, 4.69) is 53.7 Å². The van der Waals surface area contributed by atoms with E-state index >= 15 is 0 Å². The predicted molar refractivity (Wildman–Crippen MR) is 104 cm³/mol. The van der Waals surface area contributed by atoms with Crippen LogP contribution in [0, 0.1) is 0 Å². The number of benzene rings is 2. The molecule has 1 aliphatic carbocycles. The summed E-state index contributed by atoms with van der Waals surface area (Å²) in [5.74, 6) is 0.552. The molecule has 0 saturated carbocycles. The maximum absolute atomic E-state index is 12.5. The Bertz CT molecular complexity index is 950. The first-order valence-corrected chi connectivity index (χ1v) is 9.07. The van der Waals surface area contributed by atoms with Gasteiger partial charge in [0.15, 0.2) is 16.8 Å². The van der Waals surface area contributed by atoms with Crippen molar-refractivity contribution in [1.82, 2.24) is 4.98 Å². The van der Waals surface area contributed by atoms with E-state index in [1.807, 2.05) is 12.1 Å². The van der Waals surface area contributed by atoms with E-state index in [9.17, 15) is 4.79 Å². The molecule has 1 aromatic carbocycles. The summed E-state index contributed by atoms with van der Waals surface area (Å²) in [7, 11) is 0. The molecule has 3 nitrogen and oxygen atoms in total. The van der Waals surface area contributed by atoms with Gasteiger partial charge in [-0.15, -0.1) is 0 Å². The first kappa shape index (κ1) is 17.7. The van der Waals surface area contributed by atoms with E-state index in [0.717, 1.165) is 29.6 Å². The molecule has 0 spiro atoms. The fourth-order valence-corrected chi connectivity index (χ4v) is 3.00. The molecule has 3 heteroatoms. The number of nitrogens with zero attached hydrogens (tertiary/aromatic N) is 1. The lowest BCUT2D eigenvalue weighted by molar-refractivity contribution is 0.501. The van der Waals surface area contributed by atoms with Gasteiger partial charge in [-0.25, -0.2) is 4.98 Å². The fourth-order valence-electron chi connectivity index (χ4n) is 3.00. The molecule has 0 saturated heterocycles. The van der Waals surface area contributed by atoms with Gasteiger partial charge >= 0.3 is 0 Å². The number of aromatic nitrogens is 1. The van der Waals surface area contributed by atoms with Crippen molar-refractivity contribution in [3.63, 3.8) is 0 Å². The second-order valence-corrected chi connectivity index (χ2v) is 8.19. The Morgan fingerprint density at radius 3 is 2.28 bits per heavy atom. The highest BCUT2D eigenvalue weighted by molar-refractivity contribution is 5.77. The average Bonchev–Trinajstić information content (AvgIpc) is 2.58. The minimum atomic E-state index is -0.173. The van der Waals surface area contributed by atoms with E-state index in [1.54, 1.807) is 6.07 Å². The van der Waals surface area contributed by atoms with E-state index in [1.165, 1.54) is 5.56 Å². The molecule has 0 amide bonds. The Balaban J connectivity index is 2.25. The van der Waals surface area contributed by atoms with Gasteiger partial charge in [0, 0.05) is 11.6 Å². The van der Waals surface area contributed by atoms with Crippen molar-refractivity contribution in [2.75, 3.05) is 0 Å². The summed E-state index contributed by atoms with van der Waals surface area (Å²) < 4.78 is 5.97. The van der Waals surface area contributed by atoms with Gasteiger partial charge in [-0.1, -0.05) is 47.6 Å². The fraction of sp³-hybridized carbons (Fsp3) is 0.455. The van der Waals surface area contributed by atoms with Crippen LogP contribution in [0.5, 0.6) is 0 Å². The molecule has 0 bridgehead atoms. The van der Waals surface area contributed by atoms with Gasteiger partial charge in [0.2, 0.25) is 0 Å². The zero-order valence-electron chi connectivity index (χ0n) is 16.1. The van der Waals surface area contributed by atoms with Gasteiger partial charge in [0.1, 0.15) is 11.2 Å². The van der Waals surface area contributed by atoms with Crippen molar-refractivity contribution in [3.8, 4) is 11.5 Å². The lowest BCUT2D eigenvalue weighted by Gasteiger charge is -2.24. The first-order chi connectivity index (χ1) is 11.7. The van der Waals surface area contributed by atoms with Crippen LogP contribution in [0.1, 0.15) is 65.5 Å². The quantitative estimate of drug-likeness (QED) is 0.576. The number of hydrogen-bond donors (Lipinski definition) is 0. The Morgan fingerprint density at radius 2 is 1.64 bits per heavy atom. The Kier molecular flexibility index (Phi) is 4.22. The van der Waals surface area contributed by atoms with E-state index in [4.69, 9.17) is 9.40 Å². The molecule has 1 aromatic rings. The second kappa shape index (κ2) is 5.98. The molecule has 2 aliphatic rings. The lowest BCUT2D eigenvalue weighted by atomic mass is 9.81. The third kappa shape index (κ3) is 3.08. The van der Waals surface area contributed by atoms with Crippen LogP contribution in [0.2, 0.25) is 0 Å². The normalized spacial score (nSPS) is 12.9. The van der Waals surface area contributed by atoms with Crippen molar-refractivity contribution < 1.29 is 4.42 Å². The smallest absolute Gasteiger partial charge is 0.186 e. The highest BCUT2D eigenvalue weighted by atomic mass is 16.3. The SMILES string of the molecule is CCC(C)(C)c1ccc2oc3cc(=O)c(C(C)(C)CC)cc-3nc2c1. The number of fused-ring (bicyclic) bond motifs is 2. The predicted octanol–water partition coefficient (Wildman–Crippen LogP) is 5.67. The summed E-state index contributed by atoms with van der Waals surface area (Å²) >= 11 is 0. The van der Waals surface area contributed by atoms with Crippen LogP contribution in [0.15, 0.2) is 39.5 Å². The largest absolute Gasteiger partial charge is 0.453 e. The molecule has 132 valence electrons. The summed E-state index contributed by atoms with van der Waals surface area (Å²) in [6.07, 6.45) is 1.95. The second-order valence-electron chi connectivity index (χ2n) is 8.19. The monoisotopic (exact) mass is 337 g/mol. The third-order valence-corrected chi connectivity index (χ3v) is 5.76. The highest BCUT2D eigenvalue weighted by Crippen LogP contribution is 2.33. The molecule has 0 aromatic heterocycles. The summed E-state index contributed by atoms with van der Waals surface area (Å²) in [6.45, 7) is 12.9. The third-order valence-electron chi connectivity index (χ3n) is 5.76. The van der Waals surface area contributed by atoms with Crippen LogP contribution in [0.25, 0.3) is 22.6 Å². The minimum absolute atomic E-state index is 0.0213. The standard InChI is InChI=1S/C22H27NO2/c1-7-21(3,4)14-9-10-19-16(11-14)23-17-12-15(22(5,6)8-2)18(24)13-20(17)25-19/h9-13H,7-8H2,1-6H3. The van der Waals surface area contributed by atoms with Crippen LogP contribution in [-0.4, -0.2) is 4.98 Å². The molecule has 0 N–H and O–H groups in total. The van der Waals surface area contributed by atoms with Crippen LogP contribution in [0.4, 0.5) is 0 Å². The van der Waals surface area contributed by atoms with Gasteiger partial charge < -0.3 is 4.42 Å². The Morgan fingerprint density at radius 1 is 0.960 bits per heavy atom. The molecule has 25 heavy (non-hydrogen) atoms. The van der Waals surface area contributed by atoms with Crippen molar-refractivity contribution in [3.05, 3.63) is 51.7 Å². The Hall–Kier alpha value is -2.16. The zero-order chi connectivity index (χ0) is 18.4. The minimum Gasteiger partial charge on any atom is -0.453 e. The Labute approximate surface area is 149 Å². The molecule has 0 atom stereocenters. The average molecular weight is 337 g/mol. The lowest BCUT2D eigenvalue weighted by Crippen LogP contribution is -2.25. The number of hydrogen-bond acceptors (Lipinski definition) is 3. The summed E-state index contributed by atoms with van der Waals surface area (Å²) in [6, 6.07) is 9.65. The van der Waals surface area contributed by atoms with Gasteiger partial charge in [0.05, 0.1) is 0 Å². The maximum atomic E-state index is 12.5. The summed E-state index contributed by atoms with van der Waals surface area (Å²) in [5.41, 5.74) is 4.29. The van der Waals surface area contributed by atoms with Gasteiger partial charge in [-0.05, 0) is 47.4 Å². The molecule has 3 rings (SSSR count). The van der Waals surface area contributed by atoms with Crippen molar-refractivity contribution in [2.24, 2.45) is 0 Å². The van der Waals surface area contributed by atoms with Crippen LogP contribution in [0.3, 0.4) is 0 Å². The molecule has 1 aliphatic heterocycles. The molecular formula is C22H27NO2. The molecule has 0 radical (unpaired) electrons. The topological polar surface area (TPSA) is 43.1 Å². The number of rotatable bonds is 4. The first-order valence-electron chi connectivity index (χ1n) is 9.07. The molecular weight excluding hydrogens is 310 g/mol. The van der Waals surface area contributed by atoms with E-state index < -0.39 is 0 Å². The van der Waals surface area contributed by atoms with Crippen molar-refractivity contribution in [2.45, 2.75) is 65.2 Å². The van der Waals surface area contributed by atoms with Crippen LogP contribution in [-0.2, 0) is 10.8 Å². The van der Waals surface area contributed by atoms with Gasteiger partial charge in [0.25, 0.3) is 0 Å². The van der Waals surface area contributed by atoms with Crippen molar-refractivity contribution >= 4 is 11.1 Å². The van der Waals surface area contributed by atoms with E-state index in [0.29, 0.717) is 11.3 Å². The summed E-state index contributed by atoms with van der Waals surface area (Å²) in [5, 5.41) is 0. The van der Waals surface area contributed by atoms with Crippen molar-refractivity contribution in [1.29, 1.82) is 0 Å². The molecule has 0 fully saturated rings. The highest BCUT2D eigenvalue weighted by Gasteiger charge is 2.25.